The molecule has 4 heterocycles. The Morgan fingerprint density at radius 3 is 2.62 bits per heavy atom. The fourth-order valence-corrected chi connectivity index (χ4v) is 5.73. The van der Waals surface area contributed by atoms with E-state index < -0.39 is 0 Å². The smallest absolute Gasteiger partial charge is 0.128 e. The van der Waals surface area contributed by atoms with Gasteiger partial charge in [-0.3, -0.25) is 9.80 Å². The van der Waals surface area contributed by atoms with Crippen molar-refractivity contribution in [3.63, 3.8) is 0 Å². The zero-order valence-electron chi connectivity index (χ0n) is 22.8. The molecule has 1 aromatic heterocycles. The average Bonchev–Trinajstić information content (AvgIpc) is 3.00. The molecule has 7 nitrogen and oxygen atoms in total. The number of piperazine rings is 1. The van der Waals surface area contributed by atoms with Gasteiger partial charge in [-0.05, 0) is 53.7 Å². The van der Waals surface area contributed by atoms with Crippen molar-refractivity contribution in [2.75, 3.05) is 50.7 Å². The van der Waals surface area contributed by atoms with E-state index in [2.05, 4.69) is 54.4 Å². The predicted molar refractivity (Wildman–Crippen MR) is 163 cm³/mol. The Labute approximate surface area is 238 Å². The Bertz CT molecular complexity index is 1410. The number of nitriles is 1. The van der Waals surface area contributed by atoms with Crippen LogP contribution in [0.2, 0.25) is 0 Å². The van der Waals surface area contributed by atoms with Crippen LogP contribution in [-0.2, 0) is 6.54 Å². The van der Waals surface area contributed by atoms with Crippen molar-refractivity contribution in [3.05, 3.63) is 94.2 Å². The standard InChI is InChI=1S/C31H35FN7P/c1-2-37-10-8-22(9-11-37)24-16-26(31(36-20-24)25(17-33)18-34)23-6-7-30(35-19-23)39-14-12-38(13-15-39)21-27-28(32)4-3-5-29(27)40/h3-8,16-17,19-20,33,36H,2,9-15,21,40H2,1H3/b31-25+,33-17?. The molecule has 2 N–H and O–H groups in total. The molecule has 1 aromatic carbocycles. The average molecular weight is 556 g/mol. The first-order valence-electron chi connectivity index (χ1n) is 13.7. The number of rotatable bonds is 7. The minimum absolute atomic E-state index is 0.157. The lowest BCUT2D eigenvalue weighted by Crippen LogP contribution is -2.46. The van der Waals surface area contributed by atoms with Gasteiger partial charge in [-0.15, -0.1) is 9.24 Å². The van der Waals surface area contributed by atoms with Crippen molar-refractivity contribution < 1.29 is 4.39 Å². The Balaban J connectivity index is 1.32. The number of pyridine rings is 1. The van der Waals surface area contributed by atoms with Crippen LogP contribution >= 0.6 is 9.24 Å². The summed E-state index contributed by atoms with van der Waals surface area (Å²) in [4.78, 5) is 11.7. The molecular weight excluding hydrogens is 520 g/mol. The molecule has 0 bridgehead atoms. The highest BCUT2D eigenvalue weighted by Crippen LogP contribution is 2.32. The molecule has 206 valence electrons. The van der Waals surface area contributed by atoms with Gasteiger partial charge in [-0.25, -0.2) is 9.37 Å². The summed E-state index contributed by atoms with van der Waals surface area (Å²) < 4.78 is 14.3. The van der Waals surface area contributed by atoms with Gasteiger partial charge in [0.15, 0.2) is 0 Å². The molecule has 0 amide bonds. The second-order valence-corrected chi connectivity index (χ2v) is 10.8. The van der Waals surface area contributed by atoms with Gasteiger partial charge in [0.1, 0.15) is 17.7 Å². The second-order valence-electron chi connectivity index (χ2n) is 10.2. The number of likely N-dealkylation sites (N-methyl/N-ethyl adjacent to an activating group) is 1. The topological polar surface area (TPSA) is 82.3 Å². The summed E-state index contributed by atoms with van der Waals surface area (Å²) in [6.45, 7) is 9.05. The van der Waals surface area contributed by atoms with Crippen molar-refractivity contribution in [3.8, 4) is 6.07 Å². The maximum Gasteiger partial charge on any atom is 0.128 e. The third kappa shape index (κ3) is 6.08. The highest BCUT2D eigenvalue weighted by Gasteiger charge is 2.23. The van der Waals surface area contributed by atoms with E-state index in [1.807, 2.05) is 30.6 Å². The summed E-state index contributed by atoms with van der Waals surface area (Å²) in [5.74, 6) is 0.740. The van der Waals surface area contributed by atoms with Crippen LogP contribution < -0.4 is 15.5 Å². The van der Waals surface area contributed by atoms with Gasteiger partial charge in [-0.1, -0.05) is 25.1 Å². The van der Waals surface area contributed by atoms with E-state index in [0.717, 1.165) is 91.8 Å². The number of nitrogens with one attached hydrogen (secondary N) is 2. The molecule has 3 aliphatic rings. The van der Waals surface area contributed by atoms with Crippen molar-refractivity contribution in [2.24, 2.45) is 0 Å². The molecule has 1 saturated heterocycles. The summed E-state index contributed by atoms with van der Waals surface area (Å²) >= 11 is 0. The van der Waals surface area contributed by atoms with Crippen LogP contribution in [0.3, 0.4) is 0 Å². The van der Waals surface area contributed by atoms with Crippen LogP contribution in [0.1, 0.15) is 24.5 Å². The van der Waals surface area contributed by atoms with Crippen molar-refractivity contribution in [1.82, 2.24) is 20.1 Å². The third-order valence-corrected chi connectivity index (χ3v) is 8.42. The van der Waals surface area contributed by atoms with Crippen molar-refractivity contribution in [1.29, 1.82) is 10.7 Å². The summed E-state index contributed by atoms with van der Waals surface area (Å²) in [7, 11) is 2.64. The van der Waals surface area contributed by atoms with Crippen molar-refractivity contribution >= 4 is 32.1 Å². The van der Waals surface area contributed by atoms with Crippen LogP contribution in [0.25, 0.3) is 5.57 Å². The predicted octanol–water partition coefficient (Wildman–Crippen LogP) is 3.99. The number of allylic oxidation sites excluding steroid dienone is 4. The number of hydrogen-bond acceptors (Lipinski definition) is 7. The molecule has 0 spiro atoms. The van der Waals surface area contributed by atoms with Gasteiger partial charge in [0.2, 0.25) is 0 Å². The lowest BCUT2D eigenvalue weighted by molar-refractivity contribution is 0.247. The van der Waals surface area contributed by atoms with Gasteiger partial charge in [0.05, 0.1) is 11.3 Å². The van der Waals surface area contributed by atoms with E-state index in [1.54, 1.807) is 6.07 Å². The van der Waals surface area contributed by atoms with Crippen LogP contribution in [-0.4, -0.2) is 66.8 Å². The van der Waals surface area contributed by atoms with Crippen LogP contribution in [0.5, 0.6) is 0 Å². The molecule has 0 radical (unpaired) electrons. The Kier molecular flexibility index (Phi) is 8.86. The first kappa shape index (κ1) is 27.9. The molecule has 1 unspecified atom stereocenters. The molecule has 40 heavy (non-hydrogen) atoms. The van der Waals surface area contributed by atoms with Gasteiger partial charge >= 0.3 is 0 Å². The van der Waals surface area contributed by atoms with E-state index in [1.165, 1.54) is 11.6 Å². The number of halogens is 1. The van der Waals surface area contributed by atoms with Gasteiger partial charge < -0.3 is 15.6 Å². The van der Waals surface area contributed by atoms with E-state index in [-0.39, 0.29) is 11.4 Å². The number of dihydropyridines is 1. The van der Waals surface area contributed by atoms with Crippen LogP contribution in [0.15, 0.2) is 77.3 Å². The molecule has 1 atom stereocenters. The first-order chi connectivity index (χ1) is 19.5. The highest BCUT2D eigenvalue weighted by atomic mass is 31.0. The largest absolute Gasteiger partial charge is 0.359 e. The molecule has 2 aromatic rings. The van der Waals surface area contributed by atoms with E-state index in [0.29, 0.717) is 12.2 Å². The fraction of sp³-hybridized carbons (Fsp3) is 0.323. The van der Waals surface area contributed by atoms with E-state index >= 15 is 0 Å². The number of benzene rings is 1. The zero-order valence-corrected chi connectivity index (χ0v) is 24.0. The minimum Gasteiger partial charge on any atom is -0.359 e. The Morgan fingerprint density at radius 2 is 2.00 bits per heavy atom. The lowest BCUT2D eigenvalue weighted by atomic mass is 9.91. The summed E-state index contributed by atoms with van der Waals surface area (Å²) in [5, 5.41) is 21.6. The van der Waals surface area contributed by atoms with Gasteiger partial charge in [0.25, 0.3) is 0 Å². The normalized spacial score (nSPS) is 19.6. The summed E-state index contributed by atoms with van der Waals surface area (Å²) in [6, 6.07) is 11.4. The quantitative estimate of drug-likeness (QED) is 0.306. The molecule has 0 saturated carbocycles. The Morgan fingerprint density at radius 1 is 1.18 bits per heavy atom. The summed E-state index contributed by atoms with van der Waals surface area (Å²) in [6.07, 6.45) is 10.2. The highest BCUT2D eigenvalue weighted by molar-refractivity contribution is 7.27. The number of nitrogens with zero attached hydrogens (tertiary/aromatic N) is 5. The number of hydrogen-bond donors (Lipinski definition) is 2. The molecular formula is C31H35FN7P. The molecule has 9 heteroatoms. The van der Waals surface area contributed by atoms with Crippen molar-refractivity contribution in [2.45, 2.75) is 19.9 Å². The molecule has 3 aliphatic heterocycles. The summed E-state index contributed by atoms with van der Waals surface area (Å²) in [5.41, 5.74) is 5.78. The van der Waals surface area contributed by atoms with E-state index in [4.69, 9.17) is 10.4 Å². The van der Waals surface area contributed by atoms with E-state index in [9.17, 15) is 9.65 Å². The second kappa shape index (κ2) is 12.7. The molecule has 5 rings (SSSR count). The lowest BCUT2D eigenvalue weighted by Gasteiger charge is -2.35. The first-order valence-corrected chi connectivity index (χ1v) is 14.3. The third-order valence-electron chi connectivity index (χ3n) is 7.88. The number of anilines is 1. The molecule has 1 fully saturated rings. The number of aromatic nitrogens is 1. The maximum absolute atomic E-state index is 14.3. The SMILES string of the molecule is CCN1CC=C(C2=CN/C(=C(/C#N)C=N)C(c3ccc(N4CCN(Cc5c(F)cccc5P)CC4)nc3)=C2)CC1. The van der Waals surface area contributed by atoms with Crippen LogP contribution in [0, 0.1) is 22.6 Å². The van der Waals surface area contributed by atoms with Gasteiger partial charge in [0, 0.05) is 81.1 Å². The fourth-order valence-electron chi connectivity index (χ4n) is 5.39. The van der Waals surface area contributed by atoms with Gasteiger partial charge in [-0.2, -0.15) is 5.26 Å². The monoisotopic (exact) mass is 555 g/mol. The zero-order chi connectivity index (χ0) is 28.1. The Hall–Kier alpha value is -3.63. The molecule has 0 aliphatic carbocycles. The van der Waals surface area contributed by atoms with Crippen LogP contribution in [0.4, 0.5) is 10.2 Å². The minimum atomic E-state index is -0.157. The maximum atomic E-state index is 14.3.